The molecule has 0 unspecified atom stereocenters. The summed E-state index contributed by atoms with van der Waals surface area (Å²) in [6.45, 7) is 0.718. The van der Waals surface area contributed by atoms with Crippen LogP contribution in [0.4, 0.5) is 0 Å². The predicted octanol–water partition coefficient (Wildman–Crippen LogP) is 3.62. The van der Waals surface area contributed by atoms with Crippen LogP contribution >= 0.6 is 23.2 Å². The molecular weight excluding hydrogens is 205 g/mol. The van der Waals surface area contributed by atoms with E-state index in [0.29, 0.717) is 11.1 Å². The van der Waals surface area contributed by atoms with Crippen LogP contribution < -0.4 is 5.32 Å². The van der Waals surface area contributed by atoms with E-state index >= 15 is 0 Å². The highest BCUT2D eigenvalue weighted by Gasteiger charge is 2.10. The molecular formula is C10H17Cl2N. The molecule has 0 aromatic heterocycles. The van der Waals surface area contributed by atoms with E-state index in [1.807, 2.05) is 0 Å². The molecule has 0 atom stereocenters. The molecule has 1 saturated carbocycles. The van der Waals surface area contributed by atoms with E-state index in [2.05, 4.69) is 5.32 Å². The third-order valence-corrected chi connectivity index (χ3v) is 3.15. The van der Waals surface area contributed by atoms with Crippen molar-refractivity contribution < 1.29 is 0 Å². The van der Waals surface area contributed by atoms with Gasteiger partial charge >= 0.3 is 0 Å². The topological polar surface area (TPSA) is 12.0 Å². The molecule has 13 heavy (non-hydrogen) atoms. The van der Waals surface area contributed by atoms with E-state index in [1.54, 1.807) is 0 Å². The number of nitrogens with one attached hydrogen (secondary N) is 1. The molecule has 1 N–H and O–H groups in total. The molecule has 0 spiro atoms. The third-order valence-electron chi connectivity index (χ3n) is 2.53. The van der Waals surface area contributed by atoms with Crippen molar-refractivity contribution in [2.75, 3.05) is 6.54 Å². The average molecular weight is 222 g/mol. The number of halogens is 2. The largest absolute Gasteiger partial charge is 0.309 e. The molecule has 0 heterocycles. The lowest BCUT2D eigenvalue weighted by Gasteiger charge is -2.15. The lowest BCUT2D eigenvalue weighted by Crippen LogP contribution is -2.29. The van der Waals surface area contributed by atoms with Crippen molar-refractivity contribution in [1.82, 2.24) is 5.32 Å². The molecule has 1 fully saturated rings. The van der Waals surface area contributed by atoms with Crippen LogP contribution in [0, 0.1) is 0 Å². The summed E-state index contributed by atoms with van der Waals surface area (Å²) < 4.78 is 0. The lowest BCUT2D eigenvalue weighted by molar-refractivity contribution is 0.480. The molecule has 1 rings (SSSR count). The quantitative estimate of drug-likeness (QED) is 0.719. The fourth-order valence-electron chi connectivity index (χ4n) is 1.76. The number of rotatable bonds is 3. The third kappa shape index (κ3) is 4.90. The zero-order valence-electron chi connectivity index (χ0n) is 7.86. The summed E-state index contributed by atoms with van der Waals surface area (Å²) in [5, 5.41) is 4.13. The molecule has 0 radical (unpaired) electrons. The summed E-state index contributed by atoms with van der Waals surface area (Å²) in [7, 11) is 0. The summed E-state index contributed by atoms with van der Waals surface area (Å²) in [5.74, 6) is 0. The molecule has 1 nitrogen and oxygen atoms in total. The maximum absolute atomic E-state index is 5.79. The zero-order valence-corrected chi connectivity index (χ0v) is 9.37. The Kier molecular flexibility index (Phi) is 5.85. The first-order valence-electron chi connectivity index (χ1n) is 5.01. The van der Waals surface area contributed by atoms with Gasteiger partial charge in [0.1, 0.15) is 0 Å². The van der Waals surface area contributed by atoms with Gasteiger partial charge in [-0.05, 0) is 12.8 Å². The van der Waals surface area contributed by atoms with E-state index < -0.39 is 0 Å². The Bertz CT molecular complexity index is 160. The molecule has 76 valence electrons. The van der Waals surface area contributed by atoms with Crippen LogP contribution in [0.2, 0.25) is 0 Å². The second-order valence-electron chi connectivity index (χ2n) is 3.63. The van der Waals surface area contributed by atoms with Crippen molar-refractivity contribution in [1.29, 1.82) is 0 Å². The minimum absolute atomic E-state index is 0.646. The van der Waals surface area contributed by atoms with E-state index in [0.717, 1.165) is 6.54 Å². The van der Waals surface area contributed by atoms with Gasteiger partial charge in [-0.3, -0.25) is 0 Å². The molecule has 1 aliphatic carbocycles. The Morgan fingerprint density at radius 2 is 1.85 bits per heavy atom. The van der Waals surface area contributed by atoms with E-state index in [4.69, 9.17) is 23.2 Å². The van der Waals surface area contributed by atoms with Crippen LogP contribution in [0.3, 0.4) is 0 Å². The molecule has 0 aliphatic heterocycles. The standard InChI is InChI=1S/C10H17Cl2N/c11-7-9(12)8-13-10-5-3-1-2-4-6-10/h7,10,13H,1-6,8H2. The highest BCUT2D eigenvalue weighted by molar-refractivity contribution is 6.36. The molecule has 0 amide bonds. The highest BCUT2D eigenvalue weighted by atomic mass is 35.5. The van der Waals surface area contributed by atoms with Crippen LogP contribution in [0.15, 0.2) is 10.6 Å². The summed E-state index contributed by atoms with van der Waals surface area (Å²) in [5.41, 5.74) is 1.44. The van der Waals surface area contributed by atoms with Gasteiger partial charge in [0.25, 0.3) is 0 Å². The summed E-state index contributed by atoms with van der Waals surface area (Å²) in [4.78, 5) is 0. The Morgan fingerprint density at radius 3 is 2.38 bits per heavy atom. The second-order valence-corrected chi connectivity index (χ2v) is 4.33. The van der Waals surface area contributed by atoms with Crippen molar-refractivity contribution in [3.63, 3.8) is 0 Å². The van der Waals surface area contributed by atoms with Gasteiger partial charge in [0.15, 0.2) is 0 Å². The van der Waals surface area contributed by atoms with Gasteiger partial charge in [0.2, 0.25) is 0 Å². The van der Waals surface area contributed by atoms with Gasteiger partial charge < -0.3 is 5.32 Å². The van der Waals surface area contributed by atoms with Gasteiger partial charge in [0, 0.05) is 23.2 Å². The van der Waals surface area contributed by atoms with Gasteiger partial charge in [0.05, 0.1) is 0 Å². The molecule has 0 aromatic carbocycles. The van der Waals surface area contributed by atoms with Crippen molar-refractivity contribution >= 4 is 23.2 Å². The second kappa shape index (κ2) is 6.69. The lowest BCUT2D eigenvalue weighted by atomic mass is 10.1. The van der Waals surface area contributed by atoms with Crippen LogP contribution in [-0.2, 0) is 0 Å². The first-order chi connectivity index (χ1) is 6.33. The Balaban J connectivity index is 2.19. The first kappa shape index (κ1) is 11.4. The zero-order chi connectivity index (χ0) is 9.52. The molecule has 0 saturated heterocycles. The van der Waals surface area contributed by atoms with E-state index in [1.165, 1.54) is 44.1 Å². The van der Waals surface area contributed by atoms with E-state index in [9.17, 15) is 0 Å². The Hall–Kier alpha value is 0.280. The Labute approximate surface area is 90.5 Å². The SMILES string of the molecule is ClC=C(Cl)CNC1CCCCCC1. The van der Waals surface area contributed by atoms with Crippen LogP contribution in [0.25, 0.3) is 0 Å². The summed E-state index contributed by atoms with van der Waals surface area (Å²) in [6.07, 6.45) is 8.03. The first-order valence-corrected chi connectivity index (χ1v) is 5.82. The predicted molar refractivity (Wildman–Crippen MR) is 59.3 cm³/mol. The van der Waals surface area contributed by atoms with Crippen molar-refractivity contribution in [2.24, 2.45) is 0 Å². The Morgan fingerprint density at radius 1 is 1.23 bits per heavy atom. The maximum atomic E-state index is 5.79. The fourth-order valence-corrected chi connectivity index (χ4v) is 1.92. The maximum Gasteiger partial charge on any atom is 0.0431 e. The smallest absolute Gasteiger partial charge is 0.0431 e. The van der Waals surface area contributed by atoms with Gasteiger partial charge in [-0.25, -0.2) is 0 Å². The molecule has 3 heteroatoms. The number of hydrogen-bond donors (Lipinski definition) is 1. The molecule has 1 aliphatic rings. The van der Waals surface area contributed by atoms with Crippen LogP contribution in [0.1, 0.15) is 38.5 Å². The molecule has 0 aromatic rings. The monoisotopic (exact) mass is 221 g/mol. The van der Waals surface area contributed by atoms with Crippen molar-refractivity contribution in [3.05, 3.63) is 10.6 Å². The van der Waals surface area contributed by atoms with Gasteiger partial charge in [-0.2, -0.15) is 0 Å². The minimum Gasteiger partial charge on any atom is -0.309 e. The minimum atomic E-state index is 0.646. The van der Waals surface area contributed by atoms with Crippen molar-refractivity contribution in [3.8, 4) is 0 Å². The van der Waals surface area contributed by atoms with Gasteiger partial charge in [-0.1, -0.05) is 48.9 Å². The summed E-state index contributed by atoms with van der Waals surface area (Å²) >= 11 is 11.3. The van der Waals surface area contributed by atoms with Crippen LogP contribution in [-0.4, -0.2) is 12.6 Å². The molecule has 0 bridgehead atoms. The van der Waals surface area contributed by atoms with Gasteiger partial charge in [-0.15, -0.1) is 0 Å². The van der Waals surface area contributed by atoms with Crippen molar-refractivity contribution in [2.45, 2.75) is 44.6 Å². The average Bonchev–Trinajstić information content (AvgIpc) is 2.42. The number of hydrogen-bond acceptors (Lipinski definition) is 1. The fraction of sp³-hybridized carbons (Fsp3) is 0.800. The van der Waals surface area contributed by atoms with E-state index in [-0.39, 0.29) is 0 Å². The summed E-state index contributed by atoms with van der Waals surface area (Å²) in [6, 6.07) is 0.646. The highest BCUT2D eigenvalue weighted by Crippen LogP contribution is 2.17. The normalized spacial score (nSPS) is 21.5. The van der Waals surface area contributed by atoms with Crippen LogP contribution in [0.5, 0.6) is 0 Å².